The molecule has 1 unspecified atom stereocenters. The van der Waals surface area contributed by atoms with Crippen LogP contribution in [0.5, 0.6) is 0 Å². The third kappa shape index (κ3) is 5.04. The van der Waals surface area contributed by atoms with Crippen LogP contribution < -0.4 is 5.32 Å². The fourth-order valence-corrected chi connectivity index (χ4v) is 5.29. The predicted molar refractivity (Wildman–Crippen MR) is 114 cm³/mol. The number of nitrogens with zero attached hydrogens (tertiary/aromatic N) is 2. The topological polar surface area (TPSA) is 69.7 Å². The number of amides is 1. The van der Waals surface area contributed by atoms with Gasteiger partial charge in [-0.05, 0) is 43.5 Å². The molecule has 1 fully saturated rings. The molecule has 156 valence electrons. The molecule has 0 spiro atoms. The van der Waals surface area contributed by atoms with Crippen LogP contribution in [0.25, 0.3) is 0 Å². The van der Waals surface area contributed by atoms with Crippen molar-refractivity contribution >= 4 is 15.9 Å². The number of carbonyl (C=O) groups excluding carboxylic acids is 1. The normalized spacial score (nSPS) is 17.1. The van der Waals surface area contributed by atoms with E-state index in [4.69, 9.17) is 0 Å². The SMILES string of the molecule is Cc1ccc(C)c(S(=O)(=O)N2CCN(C(C)C(=O)NCc3ccccc3)CC2)c1. The Bertz CT molecular complexity index is 953. The minimum atomic E-state index is -3.52. The first-order valence-electron chi connectivity index (χ1n) is 9.92. The molecule has 1 amide bonds. The van der Waals surface area contributed by atoms with Gasteiger partial charge < -0.3 is 5.32 Å². The number of sulfonamides is 1. The molecule has 1 N–H and O–H groups in total. The Morgan fingerprint density at radius 3 is 2.34 bits per heavy atom. The monoisotopic (exact) mass is 415 g/mol. The Hall–Kier alpha value is -2.22. The van der Waals surface area contributed by atoms with E-state index in [9.17, 15) is 13.2 Å². The van der Waals surface area contributed by atoms with Gasteiger partial charge in [0.05, 0.1) is 10.9 Å². The standard InChI is InChI=1S/C22H29N3O3S/c1-17-9-10-18(2)21(15-17)29(27,28)25-13-11-24(12-14-25)19(3)22(26)23-16-20-7-5-4-6-8-20/h4-10,15,19H,11-14,16H2,1-3H3,(H,23,26). The number of piperazine rings is 1. The molecular formula is C22H29N3O3S. The maximum Gasteiger partial charge on any atom is 0.243 e. The Kier molecular flexibility index (Phi) is 6.72. The number of benzene rings is 2. The fraction of sp³-hybridized carbons (Fsp3) is 0.409. The average molecular weight is 416 g/mol. The van der Waals surface area contributed by atoms with Gasteiger partial charge >= 0.3 is 0 Å². The van der Waals surface area contributed by atoms with Crippen LogP contribution in [0.15, 0.2) is 53.4 Å². The van der Waals surface area contributed by atoms with Crippen LogP contribution in [0.3, 0.4) is 0 Å². The maximum absolute atomic E-state index is 13.1. The van der Waals surface area contributed by atoms with Crippen molar-refractivity contribution in [2.45, 2.75) is 38.3 Å². The molecule has 2 aromatic rings. The number of aryl methyl sites for hydroxylation is 2. The maximum atomic E-state index is 13.1. The third-order valence-electron chi connectivity index (χ3n) is 5.47. The molecule has 0 aromatic heterocycles. The summed E-state index contributed by atoms with van der Waals surface area (Å²) in [7, 11) is -3.52. The molecule has 3 rings (SSSR count). The Morgan fingerprint density at radius 1 is 1.03 bits per heavy atom. The molecule has 1 aliphatic heterocycles. The lowest BCUT2D eigenvalue weighted by Crippen LogP contribution is -2.54. The van der Waals surface area contributed by atoms with E-state index < -0.39 is 10.0 Å². The molecule has 7 heteroatoms. The number of carbonyl (C=O) groups is 1. The van der Waals surface area contributed by atoms with Crippen molar-refractivity contribution in [3.63, 3.8) is 0 Å². The van der Waals surface area contributed by atoms with Crippen molar-refractivity contribution in [3.05, 3.63) is 65.2 Å². The van der Waals surface area contributed by atoms with Crippen LogP contribution in [0.1, 0.15) is 23.6 Å². The van der Waals surface area contributed by atoms with Crippen LogP contribution >= 0.6 is 0 Å². The molecule has 1 aliphatic rings. The predicted octanol–water partition coefficient (Wildman–Crippen LogP) is 2.31. The zero-order valence-corrected chi connectivity index (χ0v) is 18.1. The van der Waals surface area contributed by atoms with Gasteiger partial charge in [0.25, 0.3) is 0 Å². The number of hydrogen-bond acceptors (Lipinski definition) is 4. The van der Waals surface area contributed by atoms with Crippen molar-refractivity contribution in [3.8, 4) is 0 Å². The van der Waals surface area contributed by atoms with Crippen LogP contribution in [-0.2, 0) is 21.4 Å². The van der Waals surface area contributed by atoms with Crippen molar-refractivity contribution < 1.29 is 13.2 Å². The zero-order chi connectivity index (χ0) is 21.0. The molecule has 6 nitrogen and oxygen atoms in total. The van der Waals surface area contributed by atoms with E-state index in [0.717, 1.165) is 16.7 Å². The highest BCUT2D eigenvalue weighted by atomic mass is 32.2. The van der Waals surface area contributed by atoms with E-state index in [1.807, 2.05) is 68.1 Å². The molecule has 0 aliphatic carbocycles. The third-order valence-corrected chi connectivity index (χ3v) is 7.51. The quantitative estimate of drug-likeness (QED) is 0.786. The minimum absolute atomic E-state index is 0.0420. The van der Waals surface area contributed by atoms with Gasteiger partial charge in [-0.15, -0.1) is 0 Å². The Morgan fingerprint density at radius 2 is 1.69 bits per heavy atom. The smallest absolute Gasteiger partial charge is 0.243 e. The molecule has 0 bridgehead atoms. The van der Waals surface area contributed by atoms with E-state index in [1.54, 1.807) is 6.07 Å². The molecule has 1 atom stereocenters. The first-order valence-corrected chi connectivity index (χ1v) is 11.4. The van der Waals surface area contributed by atoms with E-state index in [0.29, 0.717) is 37.6 Å². The van der Waals surface area contributed by atoms with Gasteiger partial charge in [0.15, 0.2) is 0 Å². The van der Waals surface area contributed by atoms with E-state index in [2.05, 4.69) is 5.32 Å². The summed E-state index contributed by atoms with van der Waals surface area (Å²) in [5.74, 6) is -0.0420. The van der Waals surface area contributed by atoms with Crippen molar-refractivity contribution in [2.75, 3.05) is 26.2 Å². The first kappa shape index (κ1) is 21.5. The van der Waals surface area contributed by atoms with Gasteiger partial charge in [-0.1, -0.05) is 42.5 Å². The van der Waals surface area contributed by atoms with Crippen molar-refractivity contribution in [1.29, 1.82) is 0 Å². The van der Waals surface area contributed by atoms with E-state index in [1.165, 1.54) is 4.31 Å². The largest absolute Gasteiger partial charge is 0.351 e. The Labute approximate surface area is 173 Å². The molecule has 1 saturated heterocycles. The molecule has 0 saturated carbocycles. The fourth-order valence-electron chi connectivity index (χ4n) is 3.55. The summed E-state index contributed by atoms with van der Waals surface area (Å²) in [6.07, 6.45) is 0. The van der Waals surface area contributed by atoms with Gasteiger partial charge in [0.1, 0.15) is 0 Å². The lowest BCUT2D eigenvalue weighted by molar-refractivity contribution is -0.126. The molecule has 2 aromatic carbocycles. The van der Waals surface area contributed by atoms with Crippen LogP contribution in [-0.4, -0.2) is 55.8 Å². The van der Waals surface area contributed by atoms with Gasteiger partial charge in [0, 0.05) is 32.7 Å². The highest BCUT2D eigenvalue weighted by Crippen LogP contribution is 2.22. The van der Waals surface area contributed by atoms with Crippen LogP contribution in [0.2, 0.25) is 0 Å². The van der Waals surface area contributed by atoms with Crippen LogP contribution in [0.4, 0.5) is 0 Å². The van der Waals surface area contributed by atoms with Gasteiger partial charge in [0.2, 0.25) is 15.9 Å². The molecule has 29 heavy (non-hydrogen) atoms. The van der Waals surface area contributed by atoms with Gasteiger partial charge in [-0.25, -0.2) is 8.42 Å². The summed E-state index contributed by atoms with van der Waals surface area (Å²) in [5.41, 5.74) is 2.74. The summed E-state index contributed by atoms with van der Waals surface area (Å²) >= 11 is 0. The van der Waals surface area contributed by atoms with Gasteiger partial charge in [-0.2, -0.15) is 4.31 Å². The molecule has 0 radical (unpaired) electrons. The van der Waals surface area contributed by atoms with Crippen LogP contribution in [0, 0.1) is 13.8 Å². The molecular weight excluding hydrogens is 386 g/mol. The molecule has 1 heterocycles. The second kappa shape index (κ2) is 9.07. The number of rotatable bonds is 6. The summed E-state index contributed by atoms with van der Waals surface area (Å²) in [5, 5.41) is 2.96. The minimum Gasteiger partial charge on any atom is -0.351 e. The van der Waals surface area contributed by atoms with Gasteiger partial charge in [-0.3, -0.25) is 9.69 Å². The summed E-state index contributed by atoms with van der Waals surface area (Å²) in [6.45, 7) is 7.90. The summed E-state index contributed by atoms with van der Waals surface area (Å²) < 4.78 is 27.6. The highest BCUT2D eigenvalue weighted by molar-refractivity contribution is 7.89. The van der Waals surface area contributed by atoms with Crippen molar-refractivity contribution in [1.82, 2.24) is 14.5 Å². The summed E-state index contributed by atoms with van der Waals surface area (Å²) in [6, 6.07) is 15.0. The Balaban J connectivity index is 1.58. The second-order valence-corrected chi connectivity index (χ2v) is 9.49. The summed E-state index contributed by atoms with van der Waals surface area (Å²) in [4.78, 5) is 14.9. The average Bonchev–Trinajstić information content (AvgIpc) is 2.74. The number of nitrogens with one attached hydrogen (secondary N) is 1. The van der Waals surface area contributed by atoms with E-state index in [-0.39, 0.29) is 11.9 Å². The van der Waals surface area contributed by atoms with Crippen molar-refractivity contribution in [2.24, 2.45) is 0 Å². The number of hydrogen-bond donors (Lipinski definition) is 1. The first-order chi connectivity index (χ1) is 13.8. The highest BCUT2D eigenvalue weighted by Gasteiger charge is 2.32. The lowest BCUT2D eigenvalue weighted by atomic mass is 10.2. The second-order valence-electron chi connectivity index (χ2n) is 7.59. The lowest BCUT2D eigenvalue weighted by Gasteiger charge is -2.37. The zero-order valence-electron chi connectivity index (χ0n) is 17.3. The van der Waals surface area contributed by atoms with E-state index >= 15 is 0 Å².